The Bertz CT molecular complexity index is 863. The second-order valence-electron chi connectivity index (χ2n) is 8.44. The fourth-order valence-electron chi connectivity index (χ4n) is 3.92. The summed E-state index contributed by atoms with van der Waals surface area (Å²) in [5.74, 6) is 3.36. The van der Waals surface area contributed by atoms with Crippen LogP contribution in [0.1, 0.15) is 56.8 Å². The second-order valence-corrected chi connectivity index (χ2v) is 8.44. The van der Waals surface area contributed by atoms with Gasteiger partial charge in [-0.25, -0.2) is 0 Å². The third-order valence-electron chi connectivity index (χ3n) is 5.53. The van der Waals surface area contributed by atoms with Crippen LogP contribution >= 0.6 is 0 Å². The third kappa shape index (κ3) is 3.98. The van der Waals surface area contributed by atoms with Crippen LogP contribution in [0.5, 0.6) is 11.5 Å². The number of hydrogen-bond donors (Lipinski definition) is 0. The topological polar surface area (TPSA) is 77.7 Å². The molecule has 150 valence electrons. The van der Waals surface area contributed by atoms with Gasteiger partial charge in [0.05, 0.1) is 0 Å². The second kappa shape index (κ2) is 7.45. The van der Waals surface area contributed by atoms with E-state index in [4.69, 9.17) is 14.0 Å². The molecule has 1 saturated heterocycles. The van der Waals surface area contributed by atoms with Crippen molar-refractivity contribution in [3.63, 3.8) is 0 Å². The number of nitrogens with zero attached hydrogens (tertiary/aromatic N) is 3. The van der Waals surface area contributed by atoms with Gasteiger partial charge in [0.15, 0.2) is 17.3 Å². The summed E-state index contributed by atoms with van der Waals surface area (Å²) >= 11 is 0. The molecule has 0 bridgehead atoms. The van der Waals surface area contributed by atoms with E-state index in [9.17, 15) is 4.79 Å². The highest BCUT2D eigenvalue weighted by Gasteiger charge is 2.35. The summed E-state index contributed by atoms with van der Waals surface area (Å²) in [6.45, 7) is 7.93. The Morgan fingerprint density at radius 1 is 1.25 bits per heavy atom. The van der Waals surface area contributed by atoms with Crippen LogP contribution in [0.4, 0.5) is 0 Å². The molecule has 7 heteroatoms. The van der Waals surface area contributed by atoms with Gasteiger partial charge in [-0.15, -0.1) is 0 Å². The van der Waals surface area contributed by atoms with Gasteiger partial charge in [0.1, 0.15) is 0 Å². The van der Waals surface area contributed by atoms with Crippen LogP contribution in [0, 0.1) is 5.41 Å². The largest absolute Gasteiger partial charge is 0.454 e. The Labute approximate surface area is 165 Å². The summed E-state index contributed by atoms with van der Waals surface area (Å²) in [5, 5.41) is 4.00. The van der Waals surface area contributed by atoms with Crippen molar-refractivity contribution < 1.29 is 18.8 Å². The van der Waals surface area contributed by atoms with Crippen LogP contribution in [-0.4, -0.2) is 40.8 Å². The number of aromatic nitrogens is 2. The van der Waals surface area contributed by atoms with Crippen molar-refractivity contribution in [3.05, 3.63) is 35.5 Å². The number of hydrogen-bond acceptors (Lipinski definition) is 6. The molecule has 1 amide bonds. The van der Waals surface area contributed by atoms with Crippen LogP contribution in [0.25, 0.3) is 0 Å². The average Bonchev–Trinajstić information content (AvgIpc) is 3.31. The molecule has 1 atom stereocenters. The summed E-state index contributed by atoms with van der Waals surface area (Å²) in [4.78, 5) is 18.8. The standard InChI is InChI=1S/C21H27N3O4/c1-14(2)20-22-18(28-23-20)7-9-24-12-21(3,8-6-19(24)25)11-15-4-5-16-17(10-15)27-13-26-16/h4-5,10,14H,6-9,11-13H2,1-3H3/t21-/m1/s1. The zero-order valence-electron chi connectivity index (χ0n) is 16.7. The molecule has 2 aliphatic rings. The van der Waals surface area contributed by atoms with E-state index in [-0.39, 0.29) is 24.0 Å². The molecule has 3 heterocycles. The molecule has 7 nitrogen and oxygen atoms in total. The predicted octanol–water partition coefficient (Wildman–Crippen LogP) is 3.34. The number of carbonyl (C=O) groups excluding carboxylic acids is 1. The van der Waals surface area contributed by atoms with Gasteiger partial charge < -0.3 is 18.9 Å². The van der Waals surface area contributed by atoms with Crippen LogP contribution in [-0.2, 0) is 17.6 Å². The number of amides is 1. The highest BCUT2D eigenvalue weighted by Crippen LogP contribution is 2.37. The van der Waals surface area contributed by atoms with E-state index < -0.39 is 0 Å². The van der Waals surface area contributed by atoms with Gasteiger partial charge in [0, 0.05) is 31.8 Å². The zero-order valence-corrected chi connectivity index (χ0v) is 16.7. The SMILES string of the molecule is CC(C)c1noc(CCN2C[C@@](C)(Cc3ccc4c(c3)OCO4)CCC2=O)n1. The molecule has 0 spiro atoms. The van der Waals surface area contributed by atoms with E-state index in [0.29, 0.717) is 31.1 Å². The lowest BCUT2D eigenvalue weighted by Crippen LogP contribution is -2.46. The first-order valence-corrected chi connectivity index (χ1v) is 9.91. The van der Waals surface area contributed by atoms with Crippen molar-refractivity contribution in [3.8, 4) is 11.5 Å². The highest BCUT2D eigenvalue weighted by atomic mass is 16.7. The minimum absolute atomic E-state index is 0.0273. The van der Waals surface area contributed by atoms with Gasteiger partial charge in [-0.3, -0.25) is 4.79 Å². The predicted molar refractivity (Wildman–Crippen MR) is 102 cm³/mol. The number of carbonyl (C=O) groups is 1. The van der Waals surface area contributed by atoms with Crippen molar-refractivity contribution in [1.29, 1.82) is 0 Å². The van der Waals surface area contributed by atoms with Gasteiger partial charge in [0.2, 0.25) is 18.6 Å². The zero-order chi connectivity index (χ0) is 19.7. The smallest absolute Gasteiger partial charge is 0.231 e. The number of likely N-dealkylation sites (tertiary alicyclic amines) is 1. The molecule has 0 unspecified atom stereocenters. The van der Waals surface area contributed by atoms with E-state index in [0.717, 1.165) is 30.9 Å². The van der Waals surface area contributed by atoms with Gasteiger partial charge in [-0.1, -0.05) is 32.0 Å². The average molecular weight is 385 g/mol. The molecule has 0 N–H and O–H groups in total. The molecule has 0 radical (unpaired) electrons. The molecule has 1 aromatic heterocycles. The minimum atomic E-state index is 0.0273. The lowest BCUT2D eigenvalue weighted by molar-refractivity contribution is -0.137. The van der Waals surface area contributed by atoms with E-state index in [2.05, 4.69) is 29.2 Å². The van der Waals surface area contributed by atoms with Crippen molar-refractivity contribution in [2.75, 3.05) is 19.9 Å². The Kier molecular flexibility index (Phi) is 5.00. The Balaban J connectivity index is 1.39. The fourth-order valence-corrected chi connectivity index (χ4v) is 3.92. The first-order valence-electron chi connectivity index (χ1n) is 9.91. The molecule has 1 aromatic carbocycles. The molecule has 2 aromatic rings. The van der Waals surface area contributed by atoms with Crippen molar-refractivity contribution in [2.24, 2.45) is 5.41 Å². The Morgan fingerprint density at radius 3 is 2.86 bits per heavy atom. The first-order chi connectivity index (χ1) is 13.4. The maximum Gasteiger partial charge on any atom is 0.231 e. The van der Waals surface area contributed by atoms with Gasteiger partial charge in [-0.05, 0) is 36.0 Å². The van der Waals surface area contributed by atoms with Gasteiger partial charge in [-0.2, -0.15) is 4.98 Å². The number of benzene rings is 1. The summed E-state index contributed by atoms with van der Waals surface area (Å²) in [7, 11) is 0. The van der Waals surface area contributed by atoms with Crippen LogP contribution in [0.3, 0.4) is 0 Å². The molecular weight excluding hydrogens is 358 g/mol. The Morgan fingerprint density at radius 2 is 2.07 bits per heavy atom. The summed E-state index contributed by atoms with van der Waals surface area (Å²) in [5.41, 5.74) is 1.24. The van der Waals surface area contributed by atoms with E-state index in [1.165, 1.54) is 5.56 Å². The number of ether oxygens (including phenoxy) is 2. The molecule has 2 aliphatic heterocycles. The minimum Gasteiger partial charge on any atom is -0.454 e. The number of fused-ring (bicyclic) bond motifs is 1. The molecule has 0 saturated carbocycles. The monoisotopic (exact) mass is 385 g/mol. The maximum absolute atomic E-state index is 12.4. The van der Waals surface area contributed by atoms with E-state index in [1.54, 1.807) is 0 Å². The summed E-state index contributed by atoms with van der Waals surface area (Å²) in [6.07, 6.45) is 2.94. The maximum atomic E-state index is 12.4. The molecule has 0 aliphatic carbocycles. The number of rotatable bonds is 6. The van der Waals surface area contributed by atoms with E-state index >= 15 is 0 Å². The van der Waals surface area contributed by atoms with E-state index in [1.807, 2.05) is 24.8 Å². The normalized spacial score (nSPS) is 21.6. The van der Waals surface area contributed by atoms with Crippen molar-refractivity contribution in [2.45, 2.75) is 52.4 Å². The van der Waals surface area contributed by atoms with Gasteiger partial charge in [0.25, 0.3) is 0 Å². The highest BCUT2D eigenvalue weighted by molar-refractivity contribution is 5.77. The molecule has 1 fully saturated rings. The summed E-state index contributed by atoms with van der Waals surface area (Å²) in [6, 6.07) is 6.11. The fraction of sp³-hybridized carbons (Fsp3) is 0.571. The van der Waals surface area contributed by atoms with Crippen LogP contribution < -0.4 is 9.47 Å². The van der Waals surface area contributed by atoms with Crippen molar-refractivity contribution in [1.82, 2.24) is 15.0 Å². The number of piperidine rings is 1. The molecule has 28 heavy (non-hydrogen) atoms. The molecular formula is C21H27N3O4. The lowest BCUT2D eigenvalue weighted by Gasteiger charge is -2.40. The lowest BCUT2D eigenvalue weighted by atomic mass is 9.76. The Hall–Kier alpha value is -2.57. The summed E-state index contributed by atoms with van der Waals surface area (Å²) < 4.78 is 16.2. The quantitative estimate of drug-likeness (QED) is 0.759. The third-order valence-corrected chi connectivity index (χ3v) is 5.53. The van der Waals surface area contributed by atoms with Crippen molar-refractivity contribution >= 4 is 5.91 Å². The van der Waals surface area contributed by atoms with Gasteiger partial charge >= 0.3 is 0 Å². The van der Waals surface area contributed by atoms with Crippen LogP contribution in [0.2, 0.25) is 0 Å². The molecule has 4 rings (SSSR count). The first kappa shape index (κ1) is 18.8. The van der Waals surface area contributed by atoms with Crippen LogP contribution in [0.15, 0.2) is 22.7 Å².